The summed E-state index contributed by atoms with van der Waals surface area (Å²) in [6, 6.07) is 1.18. The summed E-state index contributed by atoms with van der Waals surface area (Å²) >= 11 is 0. The molecule has 3 nitrogen and oxygen atoms in total. The summed E-state index contributed by atoms with van der Waals surface area (Å²) in [4.78, 5) is 0. The Hall–Kier alpha value is 0.0700. The van der Waals surface area contributed by atoms with Crippen LogP contribution in [0.4, 0.5) is 0 Å². The Morgan fingerprint density at radius 2 is 1.94 bits per heavy atom. The Morgan fingerprint density at radius 3 is 2.67 bits per heavy atom. The van der Waals surface area contributed by atoms with E-state index < -0.39 is 10.8 Å². The molecule has 3 fully saturated rings. The predicted octanol–water partition coefficient (Wildman–Crippen LogP) is 1.69. The van der Waals surface area contributed by atoms with Crippen LogP contribution in [0, 0.1) is 11.3 Å². The third-order valence-corrected chi connectivity index (χ3v) is 6.52. The maximum atomic E-state index is 11.4. The summed E-state index contributed by atoms with van der Waals surface area (Å²) in [7, 11) is -0.552. The first kappa shape index (κ1) is 13.1. The van der Waals surface area contributed by atoms with E-state index in [0.717, 1.165) is 31.0 Å². The van der Waals surface area contributed by atoms with Gasteiger partial charge in [0.05, 0.1) is 6.10 Å². The Labute approximate surface area is 113 Å². The molecule has 0 bridgehead atoms. The second kappa shape index (κ2) is 4.88. The van der Waals surface area contributed by atoms with Gasteiger partial charge in [0.1, 0.15) is 0 Å². The summed E-state index contributed by atoms with van der Waals surface area (Å²) in [5.41, 5.74) is 0.266. The fourth-order valence-corrected chi connectivity index (χ4v) is 5.37. The van der Waals surface area contributed by atoms with Gasteiger partial charge in [-0.2, -0.15) is 0 Å². The maximum Gasteiger partial charge on any atom is 0.0684 e. The van der Waals surface area contributed by atoms with Crippen molar-refractivity contribution < 1.29 is 8.95 Å². The van der Waals surface area contributed by atoms with Crippen molar-refractivity contribution in [1.29, 1.82) is 0 Å². The Balaban J connectivity index is 1.60. The molecule has 1 N–H and O–H groups in total. The average molecular weight is 271 g/mol. The lowest BCUT2D eigenvalue weighted by Gasteiger charge is -2.61. The van der Waals surface area contributed by atoms with Gasteiger partial charge in [0.25, 0.3) is 0 Å². The Bertz CT molecular complexity index is 335. The number of fused-ring (bicyclic) bond motifs is 1. The fraction of sp³-hybridized carbons (Fsp3) is 1.00. The molecule has 0 spiro atoms. The topological polar surface area (TPSA) is 38.3 Å². The largest absolute Gasteiger partial charge is 0.377 e. The highest BCUT2D eigenvalue weighted by atomic mass is 32.2. The standard InChI is InChI=1S/C14H25NO2S/c1-14(2)12(11-4-3-7-17-13(11)14)15-10-5-8-18(16)9-6-10/h10-13,15H,3-9H2,1-2H3. The molecule has 1 saturated carbocycles. The lowest BCUT2D eigenvalue weighted by atomic mass is 9.55. The molecule has 0 amide bonds. The van der Waals surface area contributed by atoms with Crippen molar-refractivity contribution >= 4 is 10.8 Å². The summed E-state index contributed by atoms with van der Waals surface area (Å²) < 4.78 is 17.3. The van der Waals surface area contributed by atoms with Crippen molar-refractivity contribution in [3.8, 4) is 0 Å². The molecule has 3 atom stereocenters. The minimum atomic E-state index is -0.552. The third-order valence-electron chi connectivity index (χ3n) is 5.13. The molecule has 104 valence electrons. The van der Waals surface area contributed by atoms with Gasteiger partial charge >= 0.3 is 0 Å². The number of ether oxygens (including phenoxy) is 1. The van der Waals surface area contributed by atoms with E-state index in [4.69, 9.17) is 4.74 Å². The van der Waals surface area contributed by atoms with Crippen molar-refractivity contribution in [2.75, 3.05) is 18.1 Å². The number of hydrogen-bond acceptors (Lipinski definition) is 3. The first-order valence-electron chi connectivity index (χ1n) is 7.31. The van der Waals surface area contributed by atoms with Gasteiger partial charge in [0.15, 0.2) is 0 Å². The van der Waals surface area contributed by atoms with Crippen LogP contribution in [0.5, 0.6) is 0 Å². The SMILES string of the molecule is CC1(C)C(NC2CCS(=O)CC2)C2CCCOC21. The number of hydrogen-bond donors (Lipinski definition) is 1. The molecular weight excluding hydrogens is 246 g/mol. The smallest absolute Gasteiger partial charge is 0.0684 e. The van der Waals surface area contributed by atoms with E-state index in [1.807, 2.05) is 0 Å². The fourth-order valence-electron chi connectivity index (χ4n) is 4.08. The monoisotopic (exact) mass is 271 g/mol. The van der Waals surface area contributed by atoms with Crippen molar-refractivity contribution in [2.24, 2.45) is 11.3 Å². The summed E-state index contributed by atoms with van der Waals surface area (Å²) in [5.74, 6) is 2.48. The van der Waals surface area contributed by atoms with Crippen LogP contribution in [0.15, 0.2) is 0 Å². The van der Waals surface area contributed by atoms with Crippen molar-refractivity contribution in [2.45, 2.75) is 57.7 Å². The van der Waals surface area contributed by atoms with E-state index >= 15 is 0 Å². The Morgan fingerprint density at radius 1 is 1.22 bits per heavy atom. The van der Waals surface area contributed by atoms with Crippen LogP contribution < -0.4 is 5.32 Å². The first-order chi connectivity index (χ1) is 8.59. The Kier molecular flexibility index (Phi) is 3.54. The van der Waals surface area contributed by atoms with E-state index in [2.05, 4.69) is 19.2 Å². The van der Waals surface area contributed by atoms with E-state index in [0.29, 0.717) is 24.1 Å². The van der Waals surface area contributed by atoms with E-state index in [-0.39, 0.29) is 5.41 Å². The second-order valence-corrected chi connectivity index (χ2v) is 8.38. The lowest BCUT2D eigenvalue weighted by Crippen LogP contribution is -2.70. The number of rotatable bonds is 2. The zero-order valence-electron chi connectivity index (χ0n) is 11.5. The first-order valence-corrected chi connectivity index (χ1v) is 8.80. The molecule has 3 unspecified atom stereocenters. The lowest BCUT2D eigenvalue weighted by molar-refractivity contribution is -0.194. The van der Waals surface area contributed by atoms with Crippen LogP contribution in [-0.2, 0) is 15.5 Å². The molecule has 2 aliphatic heterocycles. The van der Waals surface area contributed by atoms with E-state index in [1.165, 1.54) is 12.8 Å². The molecular formula is C14H25NO2S. The zero-order chi connectivity index (χ0) is 12.8. The van der Waals surface area contributed by atoms with Crippen LogP contribution in [-0.4, -0.2) is 40.5 Å². The van der Waals surface area contributed by atoms with Gasteiger partial charge in [-0.3, -0.25) is 4.21 Å². The second-order valence-electron chi connectivity index (χ2n) is 6.69. The van der Waals surface area contributed by atoms with Crippen molar-refractivity contribution in [3.63, 3.8) is 0 Å². The van der Waals surface area contributed by atoms with Gasteiger partial charge in [-0.1, -0.05) is 13.8 Å². The van der Waals surface area contributed by atoms with Gasteiger partial charge in [-0.15, -0.1) is 0 Å². The normalized spacial score (nSPS) is 47.1. The number of nitrogens with one attached hydrogen (secondary N) is 1. The minimum absolute atomic E-state index is 0.266. The van der Waals surface area contributed by atoms with Gasteiger partial charge in [0.2, 0.25) is 0 Å². The molecule has 2 saturated heterocycles. The zero-order valence-corrected chi connectivity index (χ0v) is 12.3. The third kappa shape index (κ3) is 2.16. The highest BCUT2D eigenvalue weighted by molar-refractivity contribution is 7.85. The van der Waals surface area contributed by atoms with Crippen LogP contribution in [0.1, 0.15) is 39.5 Å². The molecule has 1 aliphatic carbocycles. The average Bonchev–Trinajstić information content (AvgIpc) is 2.38. The van der Waals surface area contributed by atoms with E-state index in [1.54, 1.807) is 0 Å². The van der Waals surface area contributed by atoms with Crippen LogP contribution >= 0.6 is 0 Å². The van der Waals surface area contributed by atoms with E-state index in [9.17, 15) is 4.21 Å². The highest BCUT2D eigenvalue weighted by Crippen LogP contribution is 2.51. The molecule has 4 heteroatoms. The molecule has 18 heavy (non-hydrogen) atoms. The quantitative estimate of drug-likeness (QED) is 0.830. The molecule has 0 aromatic rings. The van der Waals surface area contributed by atoms with Gasteiger partial charge in [-0.25, -0.2) is 0 Å². The van der Waals surface area contributed by atoms with Gasteiger partial charge in [-0.05, 0) is 25.7 Å². The molecule has 0 radical (unpaired) electrons. The summed E-state index contributed by atoms with van der Waals surface area (Å²) in [5, 5.41) is 3.85. The van der Waals surface area contributed by atoms with Crippen molar-refractivity contribution in [1.82, 2.24) is 5.32 Å². The highest BCUT2D eigenvalue weighted by Gasteiger charge is 2.58. The molecule has 2 heterocycles. The molecule has 0 aromatic carbocycles. The maximum absolute atomic E-state index is 11.4. The predicted molar refractivity (Wildman–Crippen MR) is 74.1 cm³/mol. The summed E-state index contributed by atoms with van der Waals surface area (Å²) in [6.45, 7) is 5.61. The van der Waals surface area contributed by atoms with Gasteiger partial charge in [0, 0.05) is 52.3 Å². The van der Waals surface area contributed by atoms with Crippen LogP contribution in [0.25, 0.3) is 0 Å². The molecule has 3 aliphatic rings. The van der Waals surface area contributed by atoms with Crippen LogP contribution in [0.3, 0.4) is 0 Å². The summed E-state index contributed by atoms with van der Waals surface area (Å²) in [6.07, 6.45) is 5.14. The van der Waals surface area contributed by atoms with Gasteiger partial charge < -0.3 is 10.1 Å². The minimum Gasteiger partial charge on any atom is -0.377 e. The molecule has 3 rings (SSSR count). The molecule has 0 aromatic heterocycles. The van der Waals surface area contributed by atoms with Crippen molar-refractivity contribution in [3.05, 3.63) is 0 Å². The van der Waals surface area contributed by atoms with Crippen LogP contribution in [0.2, 0.25) is 0 Å².